The number of esters is 1. The van der Waals surface area contributed by atoms with Gasteiger partial charge in [0.05, 0.1) is 41.1 Å². The summed E-state index contributed by atoms with van der Waals surface area (Å²) in [6, 6.07) is 7.94. The predicted octanol–water partition coefficient (Wildman–Crippen LogP) is 3.72. The van der Waals surface area contributed by atoms with Crippen molar-refractivity contribution in [3.05, 3.63) is 91.5 Å². The summed E-state index contributed by atoms with van der Waals surface area (Å²) in [6.07, 6.45) is 1.47. The Labute approximate surface area is 314 Å². The molecule has 1 saturated heterocycles. The molecule has 3 amide bonds. The van der Waals surface area contributed by atoms with Crippen molar-refractivity contribution in [1.29, 1.82) is 0 Å². The molecule has 3 aliphatic heterocycles. The van der Waals surface area contributed by atoms with Gasteiger partial charge in [0.25, 0.3) is 5.56 Å². The first-order chi connectivity index (χ1) is 26.3. The summed E-state index contributed by atoms with van der Waals surface area (Å²) in [5.41, 5.74) is 8.70. The van der Waals surface area contributed by atoms with Crippen LogP contribution in [0.4, 0.5) is 14.9 Å². The molecule has 5 N–H and O–H groups in total. The van der Waals surface area contributed by atoms with E-state index in [2.05, 4.69) is 10.6 Å². The van der Waals surface area contributed by atoms with Gasteiger partial charge in [-0.05, 0) is 86.4 Å². The van der Waals surface area contributed by atoms with Crippen LogP contribution in [0.2, 0.25) is 0 Å². The number of amides is 3. The van der Waals surface area contributed by atoms with Gasteiger partial charge >= 0.3 is 12.1 Å². The molecule has 14 nitrogen and oxygen atoms in total. The van der Waals surface area contributed by atoms with E-state index in [1.54, 1.807) is 51.1 Å². The lowest BCUT2D eigenvalue weighted by atomic mass is 9.81. The third-order valence-electron chi connectivity index (χ3n) is 11.5. The Morgan fingerprint density at radius 1 is 1.15 bits per heavy atom. The largest absolute Gasteiger partial charge is 0.458 e. The molecule has 1 fully saturated rings. The average Bonchev–Trinajstić information content (AvgIpc) is 3.81. The second-order valence-electron chi connectivity index (χ2n) is 14.8. The lowest BCUT2D eigenvalue weighted by molar-refractivity contribution is -0.172. The highest BCUT2D eigenvalue weighted by Crippen LogP contribution is 2.46. The Morgan fingerprint density at radius 3 is 2.64 bits per heavy atom. The second kappa shape index (κ2) is 13.6. The van der Waals surface area contributed by atoms with Crippen molar-refractivity contribution in [2.24, 2.45) is 5.73 Å². The molecule has 286 valence electrons. The lowest BCUT2D eigenvalue weighted by Gasteiger charge is -2.31. The molecule has 0 saturated carbocycles. The fourth-order valence-electron chi connectivity index (χ4n) is 8.51. The molecule has 55 heavy (non-hydrogen) atoms. The fraction of sp³-hybridized carbons (Fsp3) is 0.400. The molecule has 5 heterocycles. The van der Waals surface area contributed by atoms with E-state index in [4.69, 9.17) is 20.2 Å². The Bertz CT molecular complexity index is 2380. The monoisotopic (exact) mass is 752 g/mol. The predicted molar refractivity (Wildman–Crippen MR) is 197 cm³/mol. The number of aromatic nitrogens is 2. The number of halogens is 1. The van der Waals surface area contributed by atoms with Crippen molar-refractivity contribution in [2.75, 3.05) is 11.9 Å². The normalized spacial score (nSPS) is 21.3. The Hall–Kier alpha value is -5.67. The van der Waals surface area contributed by atoms with E-state index in [1.165, 1.54) is 15.5 Å². The molecule has 0 bridgehead atoms. The molecular formula is C40H41FN6O8. The fourth-order valence-corrected chi connectivity index (χ4v) is 8.51. The number of carbonyl (C=O) groups is 4. The molecule has 0 radical (unpaired) electrons. The molecule has 4 aliphatic rings. The van der Waals surface area contributed by atoms with Crippen LogP contribution in [-0.2, 0) is 55.6 Å². The number of nitrogens with zero attached hydrogens (tertiary/aromatic N) is 3. The molecule has 2 aromatic heterocycles. The van der Waals surface area contributed by atoms with E-state index >= 15 is 4.39 Å². The number of ether oxygens (including phenoxy) is 2. The number of nitrogens with one attached hydrogen (secondary N) is 2. The number of alkyl carbamates (subject to hydrolysis) is 1. The lowest BCUT2D eigenvalue weighted by Crippen LogP contribution is -2.48. The number of fused-ring (bicyclic) bond motifs is 5. The van der Waals surface area contributed by atoms with Crippen LogP contribution in [0, 0.1) is 12.7 Å². The van der Waals surface area contributed by atoms with Crippen molar-refractivity contribution >= 4 is 40.5 Å². The standard InChI is InChI=1S/C40H41FN6O8/c1-4-40(53)26-14-31-34-24(16-47(31)37(50)25(26)18-54-38(40)51)33-28(12-11-23-19(2)27(41)15-29(44-34)32(23)33)45-39(52)55-17-21-7-9-22(10-8-21)43-35(48)30-6-5-13-46(30)36(49)20(3)42/h7-10,14-15,20,28,30,53H,4-6,11-13,16-18,42H2,1-3H3,(H,43,48)(H,45,52)/t20-,28+,30+,40+/m1/s1. The minimum atomic E-state index is -2.00. The van der Waals surface area contributed by atoms with Gasteiger partial charge in [-0.3, -0.25) is 14.4 Å². The van der Waals surface area contributed by atoms with Gasteiger partial charge in [0.2, 0.25) is 11.8 Å². The second-order valence-corrected chi connectivity index (χ2v) is 14.8. The number of pyridine rings is 2. The maximum Gasteiger partial charge on any atom is 0.407 e. The van der Waals surface area contributed by atoms with Crippen LogP contribution in [0.1, 0.15) is 84.5 Å². The van der Waals surface area contributed by atoms with Crippen LogP contribution >= 0.6 is 0 Å². The number of benzene rings is 2. The smallest absolute Gasteiger partial charge is 0.407 e. The number of hydrogen-bond donors (Lipinski definition) is 4. The van der Waals surface area contributed by atoms with E-state index in [9.17, 15) is 29.1 Å². The van der Waals surface area contributed by atoms with Gasteiger partial charge < -0.3 is 40.4 Å². The van der Waals surface area contributed by atoms with Gasteiger partial charge in [0, 0.05) is 34.8 Å². The van der Waals surface area contributed by atoms with Gasteiger partial charge in [0.15, 0.2) is 5.60 Å². The number of cyclic esters (lactones) is 1. The average molecular weight is 753 g/mol. The number of hydrogen-bond acceptors (Lipinski definition) is 10. The zero-order valence-electron chi connectivity index (χ0n) is 30.7. The number of carbonyl (C=O) groups excluding carboxylic acids is 4. The first-order valence-corrected chi connectivity index (χ1v) is 18.5. The highest BCUT2D eigenvalue weighted by Gasteiger charge is 2.46. The van der Waals surface area contributed by atoms with Crippen LogP contribution in [0.25, 0.3) is 22.3 Å². The van der Waals surface area contributed by atoms with Crippen molar-refractivity contribution in [2.45, 2.75) is 96.4 Å². The molecule has 0 unspecified atom stereocenters. The Balaban J connectivity index is 1.03. The van der Waals surface area contributed by atoms with Crippen molar-refractivity contribution in [3.8, 4) is 11.4 Å². The van der Waals surface area contributed by atoms with Gasteiger partial charge in [-0.15, -0.1) is 0 Å². The number of likely N-dealkylation sites (tertiary alicyclic amines) is 1. The van der Waals surface area contributed by atoms with Crippen LogP contribution < -0.4 is 21.9 Å². The Morgan fingerprint density at radius 2 is 1.91 bits per heavy atom. The molecule has 4 aromatic rings. The zero-order valence-corrected chi connectivity index (χ0v) is 30.7. The van der Waals surface area contributed by atoms with Crippen LogP contribution in [-0.4, -0.2) is 62.1 Å². The summed E-state index contributed by atoms with van der Waals surface area (Å²) >= 11 is 0. The van der Waals surface area contributed by atoms with Gasteiger partial charge in [-0.1, -0.05) is 19.1 Å². The maximum atomic E-state index is 15.3. The summed E-state index contributed by atoms with van der Waals surface area (Å²) in [5.74, 6) is -1.81. The molecular weight excluding hydrogens is 711 g/mol. The summed E-state index contributed by atoms with van der Waals surface area (Å²) in [6.45, 7) is 5.19. The van der Waals surface area contributed by atoms with E-state index in [-0.39, 0.29) is 49.1 Å². The van der Waals surface area contributed by atoms with Crippen molar-refractivity contribution in [3.63, 3.8) is 0 Å². The SMILES string of the molecule is CC[C@@]1(O)C(=O)OCc2c1cc1n(c2=O)Cc2c-1nc1cc(F)c(C)c3c1c2[C@@H](NC(=O)OCc1ccc(NC(=O)[C@@H]2CCCN2C(=O)[C@@H](C)N)cc1)CC3. The highest BCUT2D eigenvalue weighted by molar-refractivity contribution is 5.98. The molecule has 2 aromatic carbocycles. The number of anilines is 1. The van der Waals surface area contributed by atoms with Crippen LogP contribution in [0.5, 0.6) is 0 Å². The quantitative estimate of drug-likeness (QED) is 0.178. The topological polar surface area (TPSA) is 195 Å². The van der Waals surface area contributed by atoms with Gasteiger partial charge in [0.1, 0.15) is 25.1 Å². The number of aryl methyl sites for hydroxylation is 1. The third kappa shape index (κ3) is 5.92. The van der Waals surface area contributed by atoms with E-state index < -0.39 is 47.2 Å². The summed E-state index contributed by atoms with van der Waals surface area (Å²) in [5, 5.41) is 17.9. The minimum absolute atomic E-state index is 0.00877. The maximum absolute atomic E-state index is 15.3. The summed E-state index contributed by atoms with van der Waals surface area (Å²) < 4.78 is 27.6. The first-order valence-electron chi connectivity index (χ1n) is 18.5. The first kappa shape index (κ1) is 36.3. The van der Waals surface area contributed by atoms with E-state index in [0.29, 0.717) is 82.5 Å². The van der Waals surface area contributed by atoms with Crippen LogP contribution in [0.3, 0.4) is 0 Å². The molecule has 15 heteroatoms. The molecule has 8 rings (SSSR count). The molecule has 4 atom stereocenters. The van der Waals surface area contributed by atoms with Crippen molar-refractivity contribution < 1.29 is 38.1 Å². The molecule has 0 spiro atoms. The van der Waals surface area contributed by atoms with E-state index in [1.807, 2.05) is 0 Å². The molecule has 1 aliphatic carbocycles. The van der Waals surface area contributed by atoms with Crippen molar-refractivity contribution in [1.82, 2.24) is 19.8 Å². The van der Waals surface area contributed by atoms with E-state index in [0.717, 1.165) is 5.56 Å². The number of nitrogens with two attached hydrogens (primary N) is 1. The Kier molecular flexibility index (Phi) is 8.96. The third-order valence-corrected chi connectivity index (χ3v) is 11.5. The summed E-state index contributed by atoms with van der Waals surface area (Å²) in [4.78, 5) is 71.7. The highest BCUT2D eigenvalue weighted by atomic mass is 19.1. The zero-order chi connectivity index (χ0) is 38.9. The van der Waals surface area contributed by atoms with Gasteiger partial charge in [-0.2, -0.15) is 0 Å². The van der Waals surface area contributed by atoms with Crippen LogP contribution in [0.15, 0.2) is 41.2 Å². The van der Waals surface area contributed by atoms with Gasteiger partial charge in [-0.25, -0.2) is 19.0 Å². The minimum Gasteiger partial charge on any atom is -0.458 e. The summed E-state index contributed by atoms with van der Waals surface area (Å²) in [7, 11) is 0. The number of rotatable bonds is 7. The number of aliphatic hydroxyl groups is 1.